The van der Waals surface area contributed by atoms with Gasteiger partial charge in [0.1, 0.15) is 5.69 Å². The molecule has 1 aliphatic rings. The van der Waals surface area contributed by atoms with Crippen molar-refractivity contribution >= 4 is 11.6 Å². The molecule has 5 heteroatoms. The van der Waals surface area contributed by atoms with Gasteiger partial charge in [0.05, 0.1) is 19.8 Å². The molecule has 0 bridgehead atoms. The van der Waals surface area contributed by atoms with E-state index in [1.54, 1.807) is 19.1 Å². The average Bonchev–Trinajstić information content (AvgIpc) is 2.51. The maximum absolute atomic E-state index is 12.7. The van der Waals surface area contributed by atoms with E-state index in [0.29, 0.717) is 28.2 Å². The van der Waals surface area contributed by atoms with Gasteiger partial charge < -0.3 is 9.47 Å². The lowest BCUT2D eigenvalue weighted by atomic mass is 9.85. The van der Waals surface area contributed by atoms with Crippen LogP contribution in [0.15, 0.2) is 24.4 Å². The number of rotatable bonds is 2. The van der Waals surface area contributed by atoms with E-state index < -0.39 is 0 Å². The standard InChI is InChI=1S/C16H13NO4/c1-8-4-5-17-14-13(8)15(18)9-6-11(20-2)12(21-3)7-10(9)16(14)19/h4-7H,1-3H3. The van der Waals surface area contributed by atoms with Gasteiger partial charge in [-0.05, 0) is 30.7 Å². The Labute approximate surface area is 121 Å². The van der Waals surface area contributed by atoms with Crippen LogP contribution in [0, 0.1) is 6.92 Å². The molecule has 1 aliphatic carbocycles. The van der Waals surface area contributed by atoms with Crippen LogP contribution in [0.4, 0.5) is 0 Å². The topological polar surface area (TPSA) is 65.5 Å². The van der Waals surface area contributed by atoms with E-state index in [0.717, 1.165) is 5.56 Å². The van der Waals surface area contributed by atoms with Crippen LogP contribution in [-0.4, -0.2) is 30.8 Å². The number of fused-ring (bicyclic) bond motifs is 2. The quantitative estimate of drug-likeness (QED) is 0.721. The van der Waals surface area contributed by atoms with Crippen molar-refractivity contribution < 1.29 is 19.1 Å². The van der Waals surface area contributed by atoms with Crippen molar-refractivity contribution in [1.29, 1.82) is 0 Å². The summed E-state index contributed by atoms with van der Waals surface area (Å²) in [5, 5.41) is 0. The fourth-order valence-corrected chi connectivity index (χ4v) is 2.53. The van der Waals surface area contributed by atoms with Crippen molar-refractivity contribution in [2.24, 2.45) is 0 Å². The molecule has 0 unspecified atom stereocenters. The Hall–Kier alpha value is -2.69. The van der Waals surface area contributed by atoms with Crippen LogP contribution < -0.4 is 9.47 Å². The smallest absolute Gasteiger partial charge is 0.212 e. The fraction of sp³-hybridized carbons (Fsp3) is 0.188. The number of pyridine rings is 1. The number of nitrogens with zero attached hydrogens (tertiary/aromatic N) is 1. The third-order valence-electron chi connectivity index (χ3n) is 3.61. The van der Waals surface area contributed by atoms with E-state index in [1.807, 2.05) is 0 Å². The van der Waals surface area contributed by atoms with Crippen molar-refractivity contribution in [3.05, 3.63) is 52.3 Å². The Bertz CT molecular complexity index is 780. The lowest BCUT2D eigenvalue weighted by Crippen LogP contribution is -2.23. The largest absolute Gasteiger partial charge is 0.493 e. The first-order chi connectivity index (χ1) is 10.1. The summed E-state index contributed by atoms with van der Waals surface area (Å²) < 4.78 is 10.4. The van der Waals surface area contributed by atoms with E-state index in [9.17, 15) is 9.59 Å². The minimum Gasteiger partial charge on any atom is -0.493 e. The van der Waals surface area contributed by atoms with Gasteiger partial charge in [-0.15, -0.1) is 0 Å². The Morgan fingerprint density at radius 2 is 1.52 bits per heavy atom. The first-order valence-electron chi connectivity index (χ1n) is 6.39. The number of carbonyl (C=O) groups is 2. The SMILES string of the molecule is COc1cc2c(cc1OC)C(=O)c1c(C)ccnc1C2=O. The van der Waals surface area contributed by atoms with E-state index in [2.05, 4.69) is 4.98 Å². The summed E-state index contributed by atoms with van der Waals surface area (Å²) in [5.41, 5.74) is 1.91. The fourth-order valence-electron chi connectivity index (χ4n) is 2.53. The molecule has 0 aliphatic heterocycles. The molecule has 0 radical (unpaired) electrons. The van der Waals surface area contributed by atoms with Crippen LogP contribution in [0.3, 0.4) is 0 Å². The first kappa shape index (κ1) is 13.3. The normalized spacial score (nSPS) is 12.7. The maximum Gasteiger partial charge on any atom is 0.212 e. The van der Waals surface area contributed by atoms with Gasteiger partial charge in [0, 0.05) is 17.3 Å². The molecular weight excluding hydrogens is 270 g/mol. The second kappa shape index (κ2) is 4.70. The Morgan fingerprint density at radius 1 is 0.952 bits per heavy atom. The number of carbonyl (C=O) groups excluding carboxylic acids is 2. The van der Waals surface area contributed by atoms with E-state index in [-0.39, 0.29) is 17.3 Å². The number of ketones is 2. The minimum absolute atomic E-state index is 0.194. The maximum atomic E-state index is 12.7. The first-order valence-corrected chi connectivity index (χ1v) is 6.39. The highest BCUT2D eigenvalue weighted by atomic mass is 16.5. The zero-order chi connectivity index (χ0) is 15.1. The molecule has 3 rings (SSSR count). The summed E-state index contributed by atoms with van der Waals surface area (Å²) in [6.45, 7) is 1.79. The van der Waals surface area contributed by atoms with E-state index in [4.69, 9.17) is 9.47 Å². The summed E-state index contributed by atoms with van der Waals surface area (Å²) >= 11 is 0. The van der Waals surface area contributed by atoms with Crippen LogP contribution in [0.5, 0.6) is 11.5 Å². The third-order valence-corrected chi connectivity index (χ3v) is 3.61. The molecule has 0 atom stereocenters. The lowest BCUT2D eigenvalue weighted by Gasteiger charge is -2.20. The Balaban J connectivity index is 2.30. The number of aromatic nitrogens is 1. The van der Waals surface area contributed by atoms with E-state index in [1.165, 1.54) is 26.5 Å². The van der Waals surface area contributed by atoms with Crippen LogP contribution in [0.2, 0.25) is 0 Å². The van der Waals surface area contributed by atoms with Gasteiger partial charge >= 0.3 is 0 Å². The molecule has 106 valence electrons. The number of aryl methyl sites for hydroxylation is 1. The Morgan fingerprint density at radius 3 is 2.10 bits per heavy atom. The van der Waals surface area contributed by atoms with Crippen molar-refractivity contribution in [3.8, 4) is 11.5 Å². The molecule has 2 aromatic rings. The zero-order valence-electron chi connectivity index (χ0n) is 11.9. The predicted molar refractivity (Wildman–Crippen MR) is 75.4 cm³/mol. The Kier molecular flexibility index (Phi) is 2.97. The summed E-state index contributed by atoms with van der Waals surface area (Å²) in [6.07, 6.45) is 1.53. The number of hydrogen-bond acceptors (Lipinski definition) is 5. The molecule has 21 heavy (non-hydrogen) atoms. The van der Waals surface area contributed by atoms with Crippen LogP contribution in [0.25, 0.3) is 0 Å². The molecule has 0 fully saturated rings. The van der Waals surface area contributed by atoms with Crippen molar-refractivity contribution in [1.82, 2.24) is 4.98 Å². The molecule has 1 aromatic carbocycles. The third kappa shape index (κ3) is 1.81. The molecule has 0 N–H and O–H groups in total. The van der Waals surface area contributed by atoms with Gasteiger partial charge in [0.2, 0.25) is 5.78 Å². The van der Waals surface area contributed by atoms with Crippen LogP contribution in [0.1, 0.15) is 37.5 Å². The molecule has 0 amide bonds. The zero-order valence-corrected chi connectivity index (χ0v) is 11.9. The number of benzene rings is 1. The highest BCUT2D eigenvalue weighted by Crippen LogP contribution is 2.36. The number of hydrogen-bond donors (Lipinski definition) is 0. The molecule has 0 saturated carbocycles. The minimum atomic E-state index is -0.274. The van der Waals surface area contributed by atoms with Gasteiger partial charge in [-0.25, -0.2) is 0 Å². The van der Waals surface area contributed by atoms with Gasteiger partial charge in [-0.3, -0.25) is 14.6 Å². The van der Waals surface area contributed by atoms with Crippen molar-refractivity contribution in [2.45, 2.75) is 6.92 Å². The summed E-state index contributed by atoms with van der Waals surface area (Å²) in [4.78, 5) is 29.3. The second-order valence-electron chi connectivity index (χ2n) is 4.76. The second-order valence-corrected chi connectivity index (χ2v) is 4.76. The predicted octanol–water partition coefficient (Wildman–Crippen LogP) is 2.18. The van der Waals surface area contributed by atoms with Crippen molar-refractivity contribution in [3.63, 3.8) is 0 Å². The molecule has 0 spiro atoms. The lowest BCUT2D eigenvalue weighted by molar-refractivity contribution is 0.0974. The van der Waals surface area contributed by atoms with Gasteiger partial charge in [-0.1, -0.05) is 0 Å². The van der Waals surface area contributed by atoms with Crippen LogP contribution in [-0.2, 0) is 0 Å². The average molecular weight is 283 g/mol. The summed E-state index contributed by atoms with van der Waals surface area (Å²) in [6, 6.07) is 4.79. The van der Waals surface area contributed by atoms with Gasteiger partial charge in [0.25, 0.3) is 0 Å². The monoisotopic (exact) mass is 283 g/mol. The molecular formula is C16H13NO4. The summed E-state index contributed by atoms with van der Waals surface area (Å²) in [5.74, 6) is 0.339. The highest BCUT2D eigenvalue weighted by Gasteiger charge is 2.33. The molecule has 0 saturated heterocycles. The molecule has 1 heterocycles. The number of ether oxygens (including phenoxy) is 2. The van der Waals surface area contributed by atoms with Gasteiger partial charge in [-0.2, -0.15) is 0 Å². The number of methoxy groups -OCH3 is 2. The van der Waals surface area contributed by atoms with Crippen LogP contribution >= 0.6 is 0 Å². The molecule has 1 aromatic heterocycles. The van der Waals surface area contributed by atoms with E-state index >= 15 is 0 Å². The summed E-state index contributed by atoms with van der Waals surface area (Å²) in [7, 11) is 2.97. The van der Waals surface area contributed by atoms with Crippen molar-refractivity contribution in [2.75, 3.05) is 14.2 Å². The highest BCUT2D eigenvalue weighted by molar-refractivity contribution is 6.28. The van der Waals surface area contributed by atoms with Gasteiger partial charge in [0.15, 0.2) is 17.3 Å². The molecule has 5 nitrogen and oxygen atoms in total.